The number of carbonyl (C=O) groups excluding carboxylic acids is 1. The lowest BCUT2D eigenvalue weighted by molar-refractivity contribution is -0.121. The number of aliphatic hydroxyl groups excluding tert-OH is 1. The summed E-state index contributed by atoms with van der Waals surface area (Å²) in [6, 6.07) is 8.08. The number of para-hydroxylation sites is 1. The summed E-state index contributed by atoms with van der Waals surface area (Å²) in [5.41, 5.74) is 2.24. The number of aromatic nitrogens is 1. The van der Waals surface area contributed by atoms with Crippen LogP contribution in [0.3, 0.4) is 0 Å². The maximum absolute atomic E-state index is 11.3. The first kappa shape index (κ1) is 11.7. The Hall–Kier alpha value is -1.81. The average Bonchev–Trinajstić information content (AvgIpc) is 2.65. The minimum atomic E-state index is -0.125. The fourth-order valence-electron chi connectivity index (χ4n) is 1.95. The maximum Gasteiger partial charge on any atom is 0.222 e. The molecule has 0 fully saturated rings. The summed E-state index contributed by atoms with van der Waals surface area (Å²) in [6.07, 6.45) is 2.18. The summed E-state index contributed by atoms with van der Waals surface area (Å²) >= 11 is 0. The normalized spacial score (nSPS) is 10.7. The predicted octanol–water partition coefficient (Wildman–Crippen LogP) is 1.18. The van der Waals surface area contributed by atoms with Gasteiger partial charge in [0.2, 0.25) is 5.91 Å². The lowest BCUT2D eigenvalue weighted by atomic mass is 10.2. The number of nitrogens with one attached hydrogen (secondary N) is 1. The highest BCUT2D eigenvalue weighted by Crippen LogP contribution is 2.19. The van der Waals surface area contributed by atoms with Crippen LogP contribution in [0.5, 0.6) is 0 Å². The summed E-state index contributed by atoms with van der Waals surface area (Å²) in [6.45, 7) is 0.390. The lowest BCUT2D eigenvalue weighted by Gasteiger charge is -2.02. The molecule has 90 valence electrons. The van der Waals surface area contributed by atoms with E-state index in [1.54, 1.807) is 0 Å². The standard InChI is InChI=1S/C13H16N2O2/c1-15-9-10(8-14-13(17)6-7-16)11-4-2-3-5-12(11)15/h2-5,9,16H,6-8H2,1H3,(H,14,17). The third-order valence-electron chi connectivity index (χ3n) is 2.79. The molecule has 0 aliphatic rings. The largest absolute Gasteiger partial charge is 0.396 e. The van der Waals surface area contributed by atoms with Crippen molar-refractivity contribution in [1.29, 1.82) is 0 Å². The van der Waals surface area contributed by atoms with Gasteiger partial charge in [-0.1, -0.05) is 18.2 Å². The van der Waals surface area contributed by atoms with Crippen molar-refractivity contribution in [3.63, 3.8) is 0 Å². The van der Waals surface area contributed by atoms with Crippen LogP contribution in [0, 0.1) is 0 Å². The van der Waals surface area contributed by atoms with Gasteiger partial charge in [-0.05, 0) is 11.6 Å². The van der Waals surface area contributed by atoms with E-state index >= 15 is 0 Å². The van der Waals surface area contributed by atoms with Crippen molar-refractivity contribution in [3.05, 3.63) is 36.0 Å². The quantitative estimate of drug-likeness (QED) is 0.831. The van der Waals surface area contributed by atoms with E-state index in [0.29, 0.717) is 6.54 Å². The molecular weight excluding hydrogens is 216 g/mol. The zero-order valence-corrected chi connectivity index (χ0v) is 9.81. The summed E-state index contributed by atoms with van der Waals surface area (Å²) in [7, 11) is 1.99. The van der Waals surface area contributed by atoms with Crippen LogP contribution in [0.15, 0.2) is 30.5 Å². The Labute approximate surface area is 99.9 Å². The van der Waals surface area contributed by atoms with Crippen LogP contribution in [0.2, 0.25) is 0 Å². The summed E-state index contributed by atoms with van der Waals surface area (Å²) in [5, 5.41) is 12.6. The molecule has 0 atom stereocenters. The molecule has 0 bridgehead atoms. The number of hydrogen-bond acceptors (Lipinski definition) is 2. The van der Waals surface area contributed by atoms with Gasteiger partial charge in [0.25, 0.3) is 0 Å². The Balaban J connectivity index is 2.16. The van der Waals surface area contributed by atoms with Crippen LogP contribution < -0.4 is 5.32 Å². The monoisotopic (exact) mass is 232 g/mol. The van der Waals surface area contributed by atoms with Crippen molar-refractivity contribution >= 4 is 16.8 Å². The molecule has 4 nitrogen and oxygen atoms in total. The van der Waals surface area contributed by atoms with Gasteiger partial charge >= 0.3 is 0 Å². The SMILES string of the molecule is Cn1cc(CNC(=O)CCO)c2ccccc21. The highest BCUT2D eigenvalue weighted by molar-refractivity contribution is 5.84. The molecule has 1 heterocycles. The molecule has 1 aromatic heterocycles. The van der Waals surface area contributed by atoms with Crippen LogP contribution in [-0.4, -0.2) is 22.2 Å². The van der Waals surface area contributed by atoms with Gasteiger partial charge in [-0.3, -0.25) is 4.79 Å². The number of hydrogen-bond donors (Lipinski definition) is 2. The maximum atomic E-state index is 11.3. The van der Waals surface area contributed by atoms with Gasteiger partial charge in [0, 0.05) is 37.1 Å². The van der Waals surface area contributed by atoms with E-state index in [0.717, 1.165) is 16.5 Å². The fourth-order valence-corrected chi connectivity index (χ4v) is 1.95. The Bertz CT molecular complexity index is 531. The van der Waals surface area contributed by atoms with Crippen LogP contribution in [0.4, 0.5) is 0 Å². The van der Waals surface area contributed by atoms with E-state index in [4.69, 9.17) is 5.11 Å². The van der Waals surface area contributed by atoms with Gasteiger partial charge in [0.05, 0.1) is 6.61 Å². The topological polar surface area (TPSA) is 54.3 Å². The van der Waals surface area contributed by atoms with Gasteiger partial charge in [-0.2, -0.15) is 0 Å². The summed E-state index contributed by atoms with van der Waals surface area (Å²) < 4.78 is 2.04. The number of fused-ring (bicyclic) bond motifs is 1. The molecule has 0 aliphatic carbocycles. The first-order valence-electron chi connectivity index (χ1n) is 5.63. The molecule has 17 heavy (non-hydrogen) atoms. The molecule has 2 N–H and O–H groups in total. The number of aryl methyl sites for hydroxylation is 1. The molecule has 0 spiro atoms. The molecule has 0 radical (unpaired) electrons. The van der Waals surface area contributed by atoms with Crippen LogP contribution >= 0.6 is 0 Å². The Kier molecular flexibility index (Phi) is 3.44. The van der Waals surface area contributed by atoms with Crippen LogP contribution in [-0.2, 0) is 18.4 Å². The van der Waals surface area contributed by atoms with E-state index in [9.17, 15) is 4.79 Å². The lowest BCUT2D eigenvalue weighted by Crippen LogP contribution is -2.23. The zero-order valence-electron chi connectivity index (χ0n) is 9.81. The van der Waals surface area contributed by atoms with Crippen LogP contribution in [0.1, 0.15) is 12.0 Å². The smallest absolute Gasteiger partial charge is 0.222 e. The highest BCUT2D eigenvalue weighted by Gasteiger charge is 2.06. The van der Waals surface area contributed by atoms with E-state index in [2.05, 4.69) is 5.32 Å². The number of amides is 1. The van der Waals surface area contributed by atoms with Crippen LogP contribution in [0.25, 0.3) is 10.9 Å². The molecule has 0 saturated heterocycles. The predicted molar refractivity (Wildman–Crippen MR) is 66.5 cm³/mol. The molecule has 2 aromatic rings. The second-order valence-electron chi connectivity index (χ2n) is 4.03. The highest BCUT2D eigenvalue weighted by atomic mass is 16.3. The molecule has 0 unspecified atom stereocenters. The molecular formula is C13H16N2O2. The molecule has 1 amide bonds. The molecule has 4 heteroatoms. The minimum absolute atomic E-state index is 0.110. The van der Waals surface area contributed by atoms with Crippen molar-refractivity contribution in [1.82, 2.24) is 9.88 Å². The minimum Gasteiger partial charge on any atom is -0.396 e. The van der Waals surface area contributed by atoms with E-state index in [1.165, 1.54) is 0 Å². The van der Waals surface area contributed by atoms with Gasteiger partial charge in [0.1, 0.15) is 0 Å². The second kappa shape index (κ2) is 5.01. The Morgan fingerprint density at radius 3 is 2.94 bits per heavy atom. The Morgan fingerprint density at radius 1 is 1.41 bits per heavy atom. The number of nitrogens with zero attached hydrogens (tertiary/aromatic N) is 1. The van der Waals surface area contributed by atoms with Crippen molar-refractivity contribution in [3.8, 4) is 0 Å². The third-order valence-corrected chi connectivity index (χ3v) is 2.79. The third kappa shape index (κ3) is 2.47. The van der Waals surface area contributed by atoms with Gasteiger partial charge in [-0.15, -0.1) is 0 Å². The number of carbonyl (C=O) groups is 1. The number of benzene rings is 1. The van der Waals surface area contributed by atoms with E-state index in [1.807, 2.05) is 42.1 Å². The Morgan fingerprint density at radius 2 is 2.18 bits per heavy atom. The van der Waals surface area contributed by atoms with Gasteiger partial charge < -0.3 is 15.0 Å². The first-order chi connectivity index (χ1) is 8.22. The second-order valence-corrected chi connectivity index (χ2v) is 4.03. The fraction of sp³-hybridized carbons (Fsp3) is 0.308. The summed E-state index contributed by atoms with van der Waals surface area (Å²) in [4.78, 5) is 11.3. The van der Waals surface area contributed by atoms with E-state index in [-0.39, 0.29) is 18.9 Å². The van der Waals surface area contributed by atoms with Crippen molar-refractivity contribution in [2.75, 3.05) is 6.61 Å². The van der Waals surface area contributed by atoms with Gasteiger partial charge in [0.15, 0.2) is 0 Å². The zero-order chi connectivity index (χ0) is 12.3. The van der Waals surface area contributed by atoms with Crippen molar-refractivity contribution in [2.24, 2.45) is 7.05 Å². The average molecular weight is 232 g/mol. The van der Waals surface area contributed by atoms with Crippen molar-refractivity contribution < 1.29 is 9.90 Å². The number of aliphatic hydroxyl groups is 1. The number of rotatable bonds is 4. The molecule has 0 aliphatic heterocycles. The first-order valence-corrected chi connectivity index (χ1v) is 5.63. The summed E-state index contributed by atoms with van der Waals surface area (Å²) in [5.74, 6) is -0.125. The molecule has 1 aromatic carbocycles. The van der Waals surface area contributed by atoms with E-state index < -0.39 is 0 Å². The molecule has 0 saturated carbocycles. The molecule has 2 rings (SSSR count). The van der Waals surface area contributed by atoms with Crippen molar-refractivity contribution in [2.45, 2.75) is 13.0 Å². The van der Waals surface area contributed by atoms with Gasteiger partial charge in [-0.25, -0.2) is 0 Å².